The van der Waals surface area contributed by atoms with Gasteiger partial charge in [-0.1, -0.05) is 23.4 Å². The van der Waals surface area contributed by atoms with Gasteiger partial charge in [0.2, 0.25) is 18.1 Å². The lowest BCUT2D eigenvalue weighted by atomic mass is 10.1. The number of aromatic nitrogens is 2. The number of rotatable bonds is 8. The average Bonchev–Trinajstić information content (AvgIpc) is 3.37. The van der Waals surface area contributed by atoms with Crippen LogP contribution in [0.3, 0.4) is 0 Å². The molecule has 1 aromatic heterocycles. The Balaban J connectivity index is 1.45. The Bertz CT molecular complexity index is 1170. The van der Waals surface area contributed by atoms with E-state index in [1.54, 1.807) is 55.1 Å². The van der Waals surface area contributed by atoms with Gasteiger partial charge in [0.05, 0.1) is 12.2 Å². The zero-order valence-electron chi connectivity index (χ0n) is 17.8. The maximum Gasteiger partial charge on any atom is 0.338 e. The standard InChI is InChI=1S/C23H22N4O5/c1-3-31-23(30)17-7-8-18-13-26(22(29)20(18)12-17)9-10-27(14-28)19-6-4-5-16(11-19)21-24-15(2)32-25-21/h4-8,11-12,14H,3,9-10,13H2,1-2H3. The van der Waals surface area contributed by atoms with E-state index in [0.717, 1.165) is 17.5 Å². The topological polar surface area (TPSA) is 106 Å². The molecule has 0 aliphatic carbocycles. The highest BCUT2D eigenvalue weighted by Gasteiger charge is 2.28. The minimum Gasteiger partial charge on any atom is -0.462 e. The van der Waals surface area contributed by atoms with Crippen LogP contribution in [-0.2, 0) is 16.1 Å². The van der Waals surface area contributed by atoms with Gasteiger partial charge in [-0.05, 0) is 36.8 Å². The fraction of sp³-hybridized carbons (Fsp3) is 0.261. The smallest absolute Gasteiger partial charge is 0.338 e. The summed E-state index contributed by atoms with van der Waals surface area (Å²) in [6, 6.07) is 12.2. The summed E-state index contributed by atoms with van der Waals surface area (Å²) >= 11 is 0. The van der Waals surface area contributed by atoms with Crippen molar-refractivity contribution in [1.82, 2.24) is 15.0 Å². The van der Waals surface area contributed by atoms with E-state index >= 15 is 0 Å². The number of ether oxygens (including phenoxy) is 1. The fourth-order valence-corrected chi connectivity index (χ4v) is 3.59. The lowest BCUT2D eigenvalue weighted by molar-refractivity contribution is -0.107. The Morgan fingerprint density at radius 1 is 1.28 bits per heavy atom. The minimum atomic E-state index is -0.453. The summed E-state index contributed by atoms with van der Waals surface area (Å²) in [4.78, 5) is 44.0. The third-order valence-corrected chi connectivity index (χ3v) is 5.20. The zero-order valence-corrected chi connectivity index (χ0v) is 17.8. The first-order valence-electron chi connectivity index (χ1n) is 10.2. The van der Waals surface area contributed by atoms with Crippen LogP contribution in [0.2, 0.25) is 0 Å². The molecular formula is C23H22N4O5. The highest BCUT2D eigenvalue weighted by atomic mass is 16.5. The van der Waals surface area contributed by atoms with Crippen molar-refractivity contribution in [3.8, 4) is 11.4 Å². The van der Waals surface area contributed by atoms with Gasteiger partial charge in [0.1, 0.15) is 0 Å². The predicted molar refractivity (Wildman–Crippen MR) is 115 cm³/mol. The van der Waals surface area contributed by atoms with Crippen molar-refractivity contribution in [1.29, 1.82) is 0 Å². The van der Waals surface area contributed by atoms with Crippen LogP contribution in [0.25, 0.3) is 11.4 Å². The van der Waals surface area contributed by atoms with E-state index < -0.39 is 5.97 Å². The first kappa shape index (κ1) is 21.2. The average molecular weight is 434 g/mol. The van der Waals surface area contributed by atoms with Crippen LogP contribution >= 0.6 is 0 Å². The Morgan fingerprint density at radius 2 is 2.12 bits per heavy atom. The molecule has 2 heterocycles. The van der Waals surface area contributed by atoms with E-state index in [-0.39, 0.29) is 12.5 Å². The molecule has 1 aliphatic rings. The molecule has 0 spiro atoms. The molecule has 164 valence electrons. The maximum atomic E-state index is 12.8. The number of nitrogens with zero attached hydrogens (tertiary/aromatic N) is 4. The molecule has 0 saturated heterocycles. The minimum absolute atomic E-state index is 0.173. The monoisotopic (exact) mass is 434 g/mol. The SMILES string of the molecule is CCOC(=O)c1ccc2c(c1)C(=O)N(CCN(C=O)c1cccc(-c3noc(C)n3)c1)C2. The van der Waals surface area contributed by atoms with E-state index in [1.807, 2.05) is 6.07 Å². The van der Waals surface area contributed by atoms with Crippen molar-refractivity contribution in [2.45, 2.75) is 20.4 Å². The van der Waals surface area contributed by atoms with E-state index in [4.69, 9.17) is 9.26 Å². The first-order chi connectivity index (χ1) is 15.5. The molecular weight excluding hydrogens is 412 g/mol. The van der Waals surface area contributed by atoms with Gasteiger partial charge in [0, 0.05) is 43.4 Å². The summed E-state index contributed by atoms with van der Waals surface area (Å²) in [7, 11) is 0. The molecule has 2 aromatic carbocycles. The number of carbonyl (C=O) groups is 3. The number of fused-ring (bicyclic) bond motifs is 1. The zero-order chi connectivity index (χ0) is 22.7. The van der Waals surface area contributed by atoms with Crippen LogP contribution in [0.1, 0.15) is 39.1 Å². The molecule has 4 rings (SSSR count). The van der Waals surface area contributed by atoms with Crippen molar-refractivity contribution >= 4 is 24.0 Å². The first-order valence-corrected chi connectivity index (χ1v) is 10.2. The summed E-state index contributed by atoms with van der Waals surface area (Å²) in [5, 5.41) is 3.91. The van der Waals surface area contributed by atoms with Gasteiger partial charge < -0.3 is 19.1 Å². The van der Waals surface area contributed by atoms with E-state index in [2.05, 4.69) is 10.1 Å². The Morgan fingerprint density at radius 3 is 2.84 bits per heavy atom. The van der Waals surface area contributed by atoms with Gasteiger partial charge in [-0.3, -0.25) is 9.59 Å². The van der Waals surface area contributed by atoms with Crippen molar-refractivity contribution in [2.75, 3.05) is 24.6 Å². The molecule has 32 heavy (non-hydrogen) atoms. The second-order valence-corrected chi connectivity index (χ2v) is 7.31. The van der Waals surface area contributed by atoms with Gasteiger partial charge >= 0.3 is 5.97 Å². The summed E-state index contributed by atoms with van der Waals surface area (Å²) in [6.07, 6.45) is 0.729. The molecule has 9 heteroatoms. The van der Waals surface area contributed by atoms with Gasteiger partial charge in [-0.2, -0.15) is 4.98 Å². The van der Waals surface area contributed by atoms with Gasteiger partial charge in [0.25, 0.3) is 5.91 Å². The van der Waals surface area contributed by atoms with Crippen molar-refractivity contribution in [3.63, 3.8) is 0 Å². The number of esters is 1. The summed E-state index contributed by atoms with van der Waals surface area (Å²) in [5.41, 5.74) is 3.07. The Labute approximate surface area is 184 Å². The molecule has 0 unspecified atom stereocenters. The largest absolute Gasteiger partial charge is 0.462 e. The molecule has 2 amide bonds. The molecule has 0 saturated carbocycles. The van der Waals surface area contributed by atoms with Crippen molar-refractivity contribution in [3.05, 3.63) is 65.0 Å². The molecule has 0 N–H and O–H groups in total. The van der Waals surface area contributed by atoms with Gasteiger partial charge in [-0.25, -0.2) is 4.79 Å². The third-order valence-electron chi connectivity index (χ3n) is 5.20. The van der Waals surface area contributed by atoms with E-state index in [9.17, 15) is 14.4 Å². The highest BCUT2D eigenvalue weighted by Crippen LogP contribution is 2.25. The second-order valence-electron chi connectivity index (χ2n) is 7.31. The van der Waals surface area contributed by atoms with E-state index in [0.29, 0.717) is 48.2 Å². The lowest BCUT2D eigenvalue weighted by Crippen LogP contribution is -2.34. The molecule has 9 nitrogen and oxygen atoms in total. The van der Waals surface area contributed by atoms with Crippen LogP contribution in [0.15, 0.2) is 47.0 Å². The van der Waals surface area contributed by atoms with Crippen LogP contribution in [-0.4, -0.2) is 53.0 Å². The Kier molecular flexibility index (Phi) is 5.98. The number of aryl methyl sites for hydroxylation is 1. The van der Waals surface area contributed by atoms with E-state index in [1.165, 1.54) is 4.90 Å². The normalized spacial score (nSPS) is 12.6. The number of carbonyl (C=O) groups excluding carboxylic acids is 3. The third kappa shape index (κ3) is 4.22. The fourth-order valence-electron chi connectivity index (χ4n) is 3.59. The summed E-state index contributed by atoms with van der Waals surface area (Å²) < 4.78 is 10.0. The lowest BCUT2D eigenvalue weighted by Gasteiger charge is -2.22. The highest BCUT2D eigenvalue weighted by molar-refractivity contribution is 6.01. The number of anilines is 1. The van der Waals surface area contributed by atoms with Crippen LogP contribution in [0, 0.1) is 6.92 Å². The van der Waals surface area contributed by atoms with Crippen molar-refractivity contribution in [2.24, 2.45) is 0 Å². The molecule has 0 fully saturated rings. The van der Waals surface area contributed by atoms with Crippen molar-refractivity contribution < 1.29 is 23.6 Å². The molecule has 3 aromatic rings. The Hall–Kier alpha value is -4.01. The maximum absolute atomic E-state index is 12.8. The molecule has 1 aliphatic heterocycles. The number of hydrogen-bond donors (Lipinski definition) is 0. The quantitative estimate of drug-likeness (QED) is 0.396. The molecule has 0 radical (unpaired) electrons. The van der Waals surface area contributed by atoms with Gasteiger partial charge in [0.15, 0.2) is 0 Å². The van der Waals surface area contributed by atoms with Crippen LogP contribution in [0.4, 0.5) is 5.69 Å². The second kappa shape index (κ2) is 9.01. The van der Waals surface area contributed by atoms with Crippen LogP contribution < -0.4 is 4.90 Å². The van der Waals surface area contributed by atoms with Crippen LogP contribution in [0.5, 0.6) is 0 Å². The summed E-state index contributed by atoms with van der Waals surface area (Å²) in [5.74, 6) is 0.270. The summed E-state index contributed by atoms with van der Waals surface area (Å²) in [6.45, 7) is 4.78. The number of amides is 2. The number of hydrogen-bond acceptors (Lipinski definition) is 7. The molecule has 0 bridgehead atoms. The molecule has 0 atom stereocenters. The number of benzene rings is 2. The predicted octanol–water partition coefficient (Wildman–Crippen LogP) is 2.84. The van der Waals surface area contributed by atoms with Gasteiger partial charge in [-0.15, -0.1) is 0 Å².